The molecule has 0 aromatic carbocycles. The molecule has 17 heavy (non-hydrogen) atoms. The number of oxime groups is 1. The molecule has 0 spiro atoms. The van der Waals surface area contributed by atoms with E-state index >= 15 is 0 Å². The van der Waals surface area contributed by atoms with Crippen molar-refractivity contribution in [1.29, 1.82) is 0 Å². The minimum Gasteiger partial charge on any atom is -0.409 e. The first-order valence-corrected chi connectivity index (χ1v) is 7.32. The molecular weight excluding hydrogens is 246 g/mol. The van der Waals surface area contributed by atoms with Crippen molar-refractivity contribution in [3.8, 4) is 0 Å². The van der Waals surface area contributed by atoms with Gasteiger partial charge in [0.1, 0.15) is 11.6 Å². The van der Waals surface area contributed by atoms with Gasteiger partial charge in [-0.3, -0.25) is 4.79 Å². The van der Waals surface area contributed by atoms with Gasteiger partial charge >= 0.3 is 0 Å². The van der Waals surface area contributed by atoms with E-state index in [-0.39, 0.29) is 17.7 Å². The van der Waals surface area contributed by atoms with Crippen LogP contribution in [0.3, 0.4) is 0 Å². The number of hydrogen-bond donors (Lipinski definition) is 2. The topological polar surface area (TPSA) is 113 Å². The third-order valence-corrected chi connectivity index (χ3v) is 3.54. The molecule has 0 unspecified atom stereocenters. The predicted molar refractivity (Wildman–Crippen MR) is 62.4 cm³/mol. The van der Waals surface area contributed by atoms with E-state index in [4.69, 9.17) is 10.9 Å². The van der Waals surface area contributed by atoms with Gasteiger partial charge < -0.3 is 15.8 Å². The number of nitrogens with zero attached hydrogens (tertiary/aromatic N) is 2. The highest BCUT2D eigenvalue weighted by atomic mass is 32.2. The Kier molecular flexibility index (Phi) is 4.33. The average Bonchev–Trinajstić information content (AvgIpc) is 2.26. The molecule has 0 saturated carbocycles. The van der Waals surface area contributed by atoms with Gasteiger partial charge in [0.2, 0.25) is 5.91 Å². The molecule has 1 rings (SSSR count). The van der Waals surface area contributed by atoms with E-state index in [2.05, 4.69) is 5.16 Å². The summed E-state index contributed by atoms with van der Waals surface area (Å²) in [5, 5.41) is 11.5. The summed E-state index contributed by atoms with van der Waals surface area (Å²) < 4.78 is 22.0. The van der Waals surface area contributed by atoms with Crippen LogP contribution in [-0.2, 0) is 14.6 Å². The number of nitrogens with two attached hydrogens (primary N) is 1. The Morgan fingerprint density at radius 3 is 2.41 bits per heavy atom. The molecule has 0 aromatic heterocycles. The molecule has 0 atom stereocenters. The summed E-state index contributed by atoms with van der Waals surface area (Å²) >= 11 is 0. The summed E-state index contributed by atoms with van der Waals surface area (Å²) in [6.07, 6.45) is 2.21. The van der Waals surface area contributed by atoms with Crippen LogP contribution in [0, 0.1) is 5.92 Å². The van der Waals surface area contributed by atoms with Crippen molar-refractivity contribution in [2.45, 2.75) is 12.8 Å². The Labute approximate surface area is 100 Å². The quantitative estimate of drug-likeness (QED) is 0.294. The predicted octanol–water partition coefficient (Wildman–Crippen LogP) is -0.984. The van der Waals surface area contributed by atoms with Gasteiger partial charge in [0.05, 0.1) is 0 Å². The molecular formula is C9H17N3O4S. The lowest BCUT2D eigenvalue weighted by molar-refractivity contribution is -0.129. The zero-order chi connectivity index (χ0) is 13.1. The molecule has 98 valence electrons. The number of amides is 1. The van der Waals surface area contributed by atoms with Crippen LogP contribution >= 0.6 is 0 Å². The molecule has 1 heterocycles. The van der Waals surface area contributed by atoms with Crippen molar-refractivity contribution < 1.29 is 18.4 Å². The van der Waals surface area contributed by atoms with Crippen LogP contribution in [0.25, 0.3) is 0 Å². The van der Waals surface area contributed by atoms with Gasteiger partial charge in [-0.05, 0) is 12.8 Å². The fourth-order valence-corrected chi connectivity index (χ4v) is 2.45. The molecule has 1 aliphatic rings. The molecule has 1 amide bonds. The largest absolute Gasteiger partial charge is 0.409 e. The van der Waals surface area contributed by atoms with Gasteiger partial charge in [0.15, 0.2) is 9.84 Å². The highest BCUT2D eigenvalue weighted by molar-refractivity contribution is 7.91. The van der Waals surface area contributed by atoms with Crippen LogP contribution < -0.4 is 5.73 Å². The van der Waals surface area contributed by atoms with E-state index in [1.165, 1.54) is 4.90 Å². The lowest BCUT2D eigenvalue weighted by Crippen LogP contribution is -2.43. The molecule has 0 bridgehead atoms. The number of piperidine rings is 1. The lowest BCUT2D eigenvalue weighted by Gasteiger charge is -2.31. The highest BCUT2D eigenvalue weighted by Crippen LogP contribution is 2.17. The second-order valence-corrected chi connectivity index (χ2v) is 6.39. The maximum Gasteiger partial charge on any atom is 0.237 e. The van der Waals surface area contributed by atoms with E-state index in [9.17, 15) is 13.2 Å². The average molecular weight is 263 g/mol. The number of amidine groups is 1. The molecule has 1 saturated heterocycles. The van der Waals surface area contributed by atoms with E-state index in [1.54, 1.807) is 0 Å². The summed E-state index contributed by atoms with van der Waals surface area (Å²) in [6, 6.07) is 0. The molecule has 1 aliphatic heterocycles. The van der Waals surface area contributed by atoms with Gasteiger partial charge in [0.25, 0.3) is 0 Å². The zero-order valence-electron chi connectivity index (χ0n) is 9.66. The molecule has 3 N–H and O–H groups in total. The first kappa shape index (κ1) is 13.8. The third kappa shape index (κ3) is 4.22. The normalized spacial score (nSPS) is 19.4. The second-order valence-electron chi connectivity index (χ2n) is 4.25. The number of likely N-dealkylation sites (tertiary alicyclic amines) is 1. The van der Waals surface area contributed by atoms with Crippen LogP contribution in [0.5, 0.6) is 0 Å². The number of carbonyl (C=O) groups is 1. The molecule has 7 nitrogen and oxygen atoms in total. The molecule has 0 aliphatic carbocycles. The summed E-state index contributed by atoms with van der Waals surface area (Å²) in [5.41, 5.74) is 5.47. The van der Waals surface area contributed by atoms with Crippen LogP contribution in [0.1, 0.15) is 12.8 Å². The van der Waals surface area contributed by atoms with E-state index in [1.807, 2.05) is 0 Å². The minimum atomic E-state index is -3.29. The van der Waals surface area contributed by atoms with E-state index < -0.39 is 15.6 Å². The van der Waals surface area contributed by atoms with Crippen molar-refractivity contribution in [3.63, 3.8) is 0 Å². The Morgan fingerprint density at radius 2 is 2.00 bits per heavy atom. The number of sulfone groups is 1. The SMILES string of the molecule is CS(=O)(=O)CC(=O)N1CCC(C(N)=NO)CC1. The maximum absolute atomic E-state index is 11.6. The Hall–Kier alpha value is -1.31. The van der Waals surface area contributed by atoms with Gasteiger partial charge in [-0.2, -0.15) is 0 Å². The third-order valence-electron chi connectivity index (χ3n) is 2.77. The molecule has 8 heteroatoms. The fraction of sp³-hybridized carbons (Fsp3) is 0.778. The summed E-state index contributed by atoms with van der Waals surface area (Å²) in [5.74, 6) is -0.714. The summed E-state index contributed by atoms with van der Waals surface area (Å²) in [6.45, 7) is 0.879. The number of rotatable bonds is 3. The van der Waals surface area contributed by atoms with Crippen LogP contribution in [0.15, 0.2) is 5.16 Å². The number of hydrogen-bond acceptors (Lipinski definition) is 5. The van der Waals surface area contributed by atoms with Crippen LogP contribution in [0.2, 0.25) is 0 Å². The zero-order valence-corrected chi connectivity index (χ0v) is 10.5. The van der Waals surface area contributed by atoms with E-state index in [0.717, 1.165) is 6.26 Å². The van der Waals surface area contributed by atoms with Crippen molar-refractivity contribution in [2.75, 3.05) is 25.1 Å². The van der Waals surface area contributed by atoms with Crippen LogP contribution in [-0.4, -0.2) is 55.4 Å². The lowest BCUT2D eigenvalue weighted by atomic mass is 9.96. The standard InChI is InChI=1S/C9H17N3O4S/c1-17(15,16)6-8(13)12-4-2-7(3-5-12)9(10)11-14/h7,14H,2-6H2,1H3,(H2,10,11). The van der Waals surface area contributed by atoms with Gasteiger partial charge in [-0.1, -0.05) is 5.16 Å². The van der Waals surface area contributed by atoms with Gasteiger partial charge in [-0.15, -0.1) is 0 Å². The Balaban J connectivity index is 2.50. The summed E-state index contributed by atoms with van der Waals surface area (Å²) in [4.78, 5) is 13.1. The molecule has 0 radical (unpaired) electrons. The van der Waals surface area contributed by atoms with Crippen molar-refractivity contribution in [1.82, 2.24) is 4.90 Å². The Bertz CT molecular complexity index is 410. The van der Waals surface area contributed by atoms with Crippen molar-refractivity contribution in [3.05, 3.63) is 0 Å². The minimum absolute atomic E-state index is 0.0396. The number of carbonyl (C=O) groups excluding carboxylic acids is 1. The Morgan fingerprint density at radius 1 is 1.47 bits per heavy atom. The van der Waals surface area contributed by atoms with Crippen molar-refractivity contribution in [2.24, 2.45) is 16.8 Å². The maximum atomic E-state index is 11.6. The molecule has 0 aromatic rings. The summed E-state index contributed by atoms with van der Waals surface area (Å²) in [7, 11) is -3.29. The fourth-order valence-electron chi connectivity index (χ4n) is 1.82. The van der Waals surface area contributed by atoms with Gasteiger partial charge in [-0.25, -0.2) is 8.42 Å². The highest BCUT2D eigenvalue weighted by Gasteiger charge is 2.26. The first-order chi connectivity index (χ1) is 7.83. The first-order valence-electron chi connectivity index (χ1n) is 5.26. The molecule has 1 fully saturated rings. The van der Waals surface area contributed by atoms with E-state index in [0.29, 0.717) is 25.9 Å². The van der Waals surface area contributed by atoms with Gasteiger partial charge in [0, 0.05) is 25.3 Å². The van der Waals surface area contributed by atoms with Crippen LogP contribution in [0.4, 0.5) is 0 Å². The monoisotopic (exact) mass is 263 g/mol. The van der Waals surface area contributed by atoms with Crippen molar-refractivity contribution >= 4 is 21.6 Å². The second kappa shape index (κ2) is 5.35. The smallest absolute Gasteiger partial charge is 0.237 e.